The minimum Gasteiger partial charge on any atom is -0.508 e. The molecule has 0 atom stereocenters. The molecule has 4 heteroatoms. The van der Waals surface area contributed by atoms with Crippen molar-refractivity contribution in [1.82, 2.24) is 9.55 Å². The van der Waals surface area contributed by atoms with Crippen molar-refractivity contribution in [3.63, 3.8) is 0 Å². The number of imidazole rings is 1. The Morgan fingerprint density at radius 2 is 2.06 bits per heavy atom. The maximum absolute atomic E-state index is 11.5. The fourth-order valence-electron chi connectivity index (χ4n) is 1.23. The standard InChI is InChI=1S/C12H10N2O2/c15-11-4-1-10(2-5-11)3-6-12(16)14-8-7-13-9-14/h1-9,15H/b6-3+. The number of allylic oxidation sites excluding steroid dienone is 1. The van der Waals surface area contributed by atoms with Crippen LogP contribution in [0.4, 0.5) is 0 Å². The highest BCUT2D eigenvalue weighted by molar-refractivity contribution is 5.93. The number of carbonyl (C=O) groups is 1. The first-order valence-corrected chi connectivity index (χ1v) is 4.75. The van der Waals surface area contributed by atoms with Crippen LogP contribution in [0.2, 0.25) is 0 Å². The Hall–Kier alpha value is -2.36. The molecule has 0 unspecified atom stereocenters. The molecule has 0 aliphatic heterocycles. The third-order valence-corrected chi connectivity index (χ3v) is 2.07. The van der Waals surface area contributed by atoms with Gasteiger partial charge in [-0.15, -0.1) is 0 Å². The molecule has 16 heavy (non-hydrogen) atoms. The molecule has 0 saturated heterocycles. The molecule has 80 valence electrons. The molecule has 2 rings (SSSR count). The van der Waals surface area contributed by atoms with E-state index in [-0.39, 0.29) is 11.7 Å². The van der Waals surface area contributed by atoms with Crippen molar-refractivity contribution in [2.45, 2.75) is 0 Å². The number of aromatic hydroxyl groups is 1. The van der Waals surface area contributed by atoms with E-state index in [9.17, 15) is 4.79 Å². The summed E-state index contributed by atoms with van der Waals surface area (Å²) >= 11 is 0. The highest BCUT2D eigenvalue weighted by atomic mass is 16.3. The summed E-state index contributed by atoms with van der Waals surface area (Å²) in [5.74, 6) is 0.0451. The Bertz CT molecular complexity index is 498. The Balaban J connectivity index is 2.10. The SMILES string of the molecule is O=C(/C=C/c1ccc(O)cc1)n1ccnc1. The van der Waals surface area contributed by atoms with Crippen LogP contribution >= 0.6 is 0 Å². The van der Waals surface area contributed by atoms with Gasteiger partial charge in [-0.3, -0.25) is 9.36 Å². The van der Waals surface area contributed by atoms with E-state index >= 15 is 0 Å². The number of nitrogens with zero attached hydrogens (tertiary/aromatic N) is 2. The Labute approximate surface area is 92.5 Å². The first-order valence-electron chi connectivity index (χ1n) is 4.75. The van der Waals surface area contributed by atoms with Crippen LogP contribution in [0.25, 0.3) is 6.08 Å². The molecule has 0 bridgehead atoms. The molecule has 0 amide bonds. The number of hydrogen-bond acceptors (Lipinski definition) is 3. The molecule has 4 nitrogen and oxygen atoms in total. The number of aromatic nitrogens is 2. The number of rotatable bonds is 2. The van der Waals surface area contributed by atoms with Crippen LogP contribution in [0.5, 0.6) is 5.75 Å². The number of benzene rings is 1. The van der Waals surface area contributed by atoms with E-state index in [2.05, 4.69) is 4.98 Å². The average Bonchev–Trinajstić information content (AvgIpc) is 2.81. The number of phenolic OH excluding ortho intramolecular Hbond substituents is 1. The molecule has 2 aromatic rings. The molecular formula is C12H10N2O2. The lowest BCUT2D eigenvalue weighted by atomic mass is 10.2. The van der Waals surface area contributed by atoms with Crippen LogP contribution in [0.1, 0.15) is 10.4 Å². The molecule has 0 aliphatic rings. The van der Waals surface area contributed by atoms with E-state index in [0.29, 0.717) is 0 Å². The molecule has 1 N–H and O–H groups in total. The lowest BCUT2D eigenvalue weighted by molar-refractivity contribution is 0.0969. The third kappa shape index (κ3) is 2.36. The van der Waals surface area contributed by atoms with Gasteiger partial charge < -0.3 is 5.11 Å². The summed E-state index contributed by atoms with van der Waals surface area (Å²) in [6.45, 7) is 0. The van der Waals surface area contributed by atoms with Gasteiger partial charge in [0.05, 0.1) is 0 Å². The third-order valence-electron chi connectivity index (χ3n) is 2.07. The molecule has 0 saturated carbocycles. The van der Waals surface area contributed by atoms with Gasteiger partial charge in [0, 0.05) is 18.5 Å². The Morgan fingerprint density at radius 1 is 1.31 bits per heavy atom. The zero-order valence-electron chi connectivity index (χ0n) is 8.45. The molecular weight excluding hydrogens is 204 g/mol. The summed E-state index contributed by atoms with van der Waals surface area (Å²) in [5.41, 5.74) is 0.853. The first kappa shape index (κ1) is 10.2. The summed E-state index contributed by atoms with van der Waals surface area (Å²) in [7, 11) is 0. The smallest absolute Gasteiger partial charge is 0.255 e. The zero-order chi connectivity index (χ0) is 11.4. The largest absolute Gasteiger partial charge is 0.508 e. The maximum Gasteiger partial charge on any atom is 0.255 e. The molecule has 0 radical (unpaired) electrons. The summed E-state index contributed by atoms with van der Waals surface area (Å²) in [5, 5.41) is 9.08. The van der Waals surface area contributed by atoms with Crippen molar-refractivity contribution in [1.29, 1.82) is 0 Å². The summed E-state index contributed by atoms with van der Waals surface area (Å²) < 4.78 is 1.39. The summed E-state index contributed by atoms with van der Waals surface area (Å²) in [6, 6.07) is 6.60. The van der Waals surface area contributed by atoms with Crippen LogP contribution in [0.3, 0.4) is 0 Å². The topological polar surface area (TPSA) is 55.1 Å². The number of phenols is 1. The van der Waals surface area contributed by atoms with Crippen LogP contribution in [0.15, 0.2) is 49.1 Å². The van der Waals surface area contributed by atoms with Crippen LogP contribution in [0, 0.1) is 0 Å². The van der Waals surface area contributed by atoms with E-state index in [1.165, 1.54) is 17.0 Å². The number of hydrogen-bond donors (Lipinski definition) is 1. The van der Waals surface area contributed by atoms with Crippen LogP contribution in [-0.4, -0.2) is 20.6 Å². The van der Waals surface area contributed by atoms with Gasteiger partial charge in [0.25, 0.3) is 5.91 Å². The maximum atomic E-state index is 11.5. The van der Waals surface area contributed by atoms with E-state index in [0.717, 1.165) is 5.56 Å². The Kier molecular flexibility index (Phi) is 2.82. The van der Waals surface area contributed by atoms with Gasteiger partial charge in [-0.25, -0.2) is 4.98 Å². The zero-order valence-corrected chi connectivity index (χ0v) is 8.45. The second-order valence-electron chi connectivity index (χ2n) is 3.23. The van der Waals surface area contributed by atoms with Crippen molar-refractivity contribution < 1.29 is 9.90 Å². The molecule has 0 fully saturated rings. The van der Waals surface area contributed by atoms with Crippen molar-refractivity contribution >= 4 is 12.0 Å². The minimum absolute atomic E-state index is 0.162. The van der Waals surface area contributed by atoms with Crippen LogP contribution in [-0.2, 0) is 0 Å². The summed E-state index contributed by atoms with van der Waals surface area (Å²) in [6.07, 6.45) is 7.72. The fourth-order valence-corrected chi connectivity index (χ4v) is 1.23. The number of carbonyl (C=O) groups excluding carboxylic acids is 1. The van der Waals surface area contributed by atoms with Crippen molar-refractivity contribution in [3.05, 3.63) is 54.6 Å². The van der Waals surface area contributed by atoms with Gasteiger partial charge in [-0.2, -0.15) is 0 Å². The van der Waals surface area contributed by atoms with Gasteiger partial charge in [0.1, 0.15) is 12.1 Å². The fraction of sp³-hybridized carbons (Fsp3) is 0. The van der Waals surface area contributed by atoms with Crippen molar-refractivity contribution in [2.75, 3.05) is 0 Å². The molecule has 1 aromatic heterocycles. The van der Waals surface area contributed by atoms with Gasteiger partial charge in [-0.05, 0) is 23.8 Å². The second kappa shape index (κ2) is 4.44. The average molecular weight is 214 g/mol. The Morgan fingerprint density at radius 3 is 2.69 bits per heavy atom. The first-order chi connectivity index (χ1) is 7.75. The van der Waals surface area contributed by atoms with Gasteiger partial charge >= 0.3 is 0 Å². The summed E-state index contributed by atoms with van der Waals surface area (Å²) in [4.78, 5) is 15.3. The van der Waals surface area contributed by atoms with Crippen molar-refractivity contribution in [2.24, 2.45) is 0 Å². The van der Waals surface area contributed by atoms with E-state index < -0.39 is 0 Å². The quantitative estimate of drug-likeness (QED) is 0.777. The monoisotopic (exact) mass is 214 g/mol. The van der Waals surface area contributed by atoms with Crippen LogP contribution < -0.4 is 0 Å². The van der Waals surface area contributed by atoms with Crippen molar-refractivity contribution in [3.8, 4) is 5.75 Å². The highest BCUT2D eigenvalue weighted by Gasteiger charge is 1.97. The van der Waals surface area contributed by atoms with Gasteiger partial charge in [0.15, 0.2) is 0 Å². The molecule has 1 heterocycles. The lowest BCUT2D eigenvalue weighted by Gasteiger charge is -1.95. The predicted octanol–water partition coefficient (Wildman–Crippen LogP) is 1.94. The van der Waals surface area contributed by atoms with Gasteiger partial charge in [0.2, 0.25) is 0 Å². The second-order valence-corrected chi connectivity index (χ2v) is 3.23. The van der Waals surface area contributed by atoms with Gasteiger partial charge in [-0.1, -0.05) is 12.1 Å². The lowest BCUT2D eigenvalue weighted by Crippen LogP contribution is -2.03. The van der Waals surface area contributed by atoms with E-state index in [1.54, 1.807) is 42.7 Å². The minimum atomic E-state index is -0.162. The molecule has 0 spiro atoms. The predicted molar refractivity (Wildman–Crippen MR) is 60.0 cm³/mol. The molecule has 0 aliphatic carbocycles. The van der Waals surface area contributed by atoms with E-state index in [1.807, 2.05) is 0 Å². The van der Waals surface area contributed by atoms with E-state index in [4.69, 9.17) is 5.11 Å². The molecule has 1 aromatic carbocycles. The highest BCUT2D eigenvalue weighted by Crippen LogP contribution is 2.10. The normalized spacial score (nSPS) is 10.8.